The van der Waals surface area contributed by atoms with Crippen LogP contribution in [0.25, 0.3) is 0 Å². The monoisotopic (exact) mass is 271 g/mol. The second-order valence-electron chi connectivity index (χ2n) is 4.49. The van der Waals surface area contributed by atoms with Crippen molar-refractivity contribution in [1.82, 2.24) is 0 Å². The summed E-state index contributed by atoms with van der Waals surface area (Å²) in [6.07, 6.45) is 0.294. The van der Waals surface area contributed by atoms with Crippen molar-refractivity contribution >= 4 is 11.6 Å². The molecule has 0 heterocycles. The lowest BCUT2D eigenvalue weighted by atomic mass is 10.1. The number of hydrogen-bond donors (Lipinski definition) is 1. The minimum atomic E-state index is -0.0131. The van der Waals surface area contributed by atoms with Gasteiger partial charge in [-0.15, -0.1) is 0 Å². The predicted octanol–water partition coefficient (Wildman–Crippen LogP) is 2.61. The Hall–Kier alpha value is -2.49. The van der Waals surface area contributed by atoms with Gasteiger partial charge in [-0.25, -0.2) is 0 Å². The molecule has 1 amide bonds. The first-order chi connectivity index (χ1) is 9.60. The lowest BCUT2D eigenvalue weighted by molar-refractivity contribution is -0.117. The molecule has 0 aliphatic carbocycles. The predicted molar refractivity (Wildman–Crippen MR) is 78.2 cm³/mol. The van der Waals surface area contributed by atoms with Gasteiger partial charge >= 0.3 is 0 Å². The van der Waals surface area contributed by atoms with Crippen LogP contribution in [0.4, 0.5) is 5.69 Å². The first-order valence-corrected chi connectivity index (χ1v) is 6.28. The second-order valence-corrected chi connectivity index (χ2v) is 4.49. The molecule has 0 fully saturated rings. The Kier molecular flexibility index (Phi) is 4.25. The summed E-state index contributed by atoms with van der Waals surface area (Å²) in [5.41, 5.74) is 1.68. The van der Waals surface area contributed by atoms with Gasteiger partial charge in [-0.1, -0.05) is 12.1 Å². The second kappa shape index (κ2) is 6.10. The maximum atomic E-state index is 12.2. The number of anilines is 1. The van der Waals surface area contributed by atoms with Crippen molar-refractivity contribution in [3.63, 3.8) is 0 Å². The Labute approximate surface area is 118 Å². The standard InChI is InChI=1S/C16H17NO3/c1-17(13-5-9-15(20-2)10-6-13)16(19)11-12-3-7-14(18)8-4-12/h3-10,18H,11H2,1-2H3. The van der Waals surface area contributed by atoms with Crippen molar-refractivity contribution in [2.75, 3.05) is 19.1 Å². The topological polar surface area (TPSA) is 49.8 Å². The molecule has 2 aromatic rings. The number of carbonyl (C=O) groups excluding carboxylic acids is 1. The molecule has 4 nitrogen and oxygen atoms in total. The molecule has 0 atom stereocenters. The van der Waals surface area contributed by atoms with Crippen LogP contribution >= 0.6 is 0 Å². The van der Waals surface area contributed by atoms with Crippen LogP contribution in [-0.2, 0) is 11.2 Å². The van der Waals surface area contributed by atoms with Crippen molar-refractivity contribution in [3.8, 4) is 11.5 Å². The molecular formula is C16H17NO3. The number of benzene rings is 2. The molecule has 0 saturated carbocycles. The number of methoxy groups -OCH3 is 1. The fourth-order valence-electron chi connectivity index (χ4n) is 1.86. The molecule has 0 radical (unpaired) electrons. The molecule has 0 aromatic heterocycles. The molecule has 2 aromatic carbocycles. The van der Waals surface area contributed by atoms with Gasteiger partial charge in [0.1, 0.15) is 11.5 Å². The van der Waals surface area contributed by atoms with Crippen molar-refractivity contribution in [3.05, 3.63) is 54.1 Å². The fraction of sp³-hybridized carbons (Fsp3) is 0.188. The maximum absolute atomic E-state index is 12.2. The number of nitrogens with zero attached hydrogens (tertiary/aromatic N) is 1. The van der Waals surface area contributed by atoms with Crippen molar-refractivity contribution < 1.29 is 14.6 Å². The van der Waals surface area contributed by atoms with Crippen molar-refractivity contribution in [2.24, 2.45) is 0 Å². The highest BCUT2D eigenvalue weighted by atomic mass is 16.5. The van der Waals surface area contributed by atoms with Gasteiger partial charge in [0.05, 0.1) is 13.5 Å². The van der Waals surface area contributed by atoms with Crippen LogP contribution in [0.2, 0.25) is 0 Å². The molecule has 0 aliphatic heterocycles. The Morgan fingerprint density at radius 2 is 1.70 bits per heavy atom. The van der Waals surface area contributed by atoms with Crippen molar-refractivity contribution in [1.29, 1.82) is 0 Å². The zero-order valence-corrected chi connectivity index (χ0v) is 11.5. The lowest BCUT2D eigenvalue weighted by Crippen LogP contribution is -2.27. The molecule has 0 spiro atoms. The molecule has 104 valence electrons. The zero-order chi connectivity index (χ0) is 14.5. The largest absolute Gasteiger partial charge is 0.508 e. The normalized spacial score (nSPS) is 10.1. The van der Waals surface area contributed by atoms with Gasteiger partial charge in [-0.3, -0.25) is 4.79 Å². The minimum Gasteiger partial charge on any atom is -0.508 e. The Morgan fingerprint density at radius 3 is 2.25 bits per heavy atom. The summed E-state index contributed by atoms with van der Waals surface area (Å²) < 4.78 is 5.09. The van der Waals surface area contributed by atoms with E-state index in [2.05, 4.69) is 0 Å². The number of carbonyl (C=O) groups is 1. The minimum absolute atomic E-state index is 0.0131. The van der Waals surface area contributed by atoms with Gasteiger partial charge in [-0.05, 0) is 42.0 Å². The van der Waals surface area contributed by atoms with E-state index in [1.54, 1.807) is 43.3 Å². The van der Waals surface area contributed by atoms with Gasteiger partial charge in [0.2, 0.25) is 5.91 Å². The number of amides is 1. The van der Waals surface area contributed by atoms with E-state index in [0.29, 0.717) is 6.42 Å². The van der Waals surface area contributed by atoms with E-state index in [-0.39, 0.29) is 11.7 Å². The molecule has 0 unspecified atom stereocenters. The summed E-state index contributed by atoms with van der Waals surface area (Å²) >= 11 is 0. The van der Waals surface area contributed by atoms with E-state index in [1.165, 1.54) is 0 Å². The summed E-state index contributed by atoms with van der Waals surface area (Å²) in [6.45, 7) is 0. The number of hydrogen-bond acceptors (Lipinski definition) is 3. The molecule has 4 heteroatoms. The summed E-state index contributed by atoms with van der Waals surface area (Å²) in [5.74, 6) is 0.943. The highest BCUT2D eigenvalue weighted by Gasteiger charge is 2.11. The van der Waals surface area contributed by atoms with Crippen LogP contribution in [-0.4, -0.2) is 25.2 Å². The maximum Gasteiger partial charge on any atom is 0.231 e. The van der Waals surface area contributed by atoms with E-state index < -0.39 is 0 Å². The van der Waals surface area contributed by atoms with E-state index in [9.17, 15) is 9.90 Å². The highest BCUT2D eigenvalue weighted by molar-refractivity contribution is 5.94. The highest BCUT2D eigenvalue weighted by Crippen LogP contribution is 2.19. The molecule has 0 bridgehead atoms. The third-order valence-electron chi connectivity index (χ3n) is 3.13. The van der Waals surface area contributed by atoms with Gasteiger partial charge in [0.25, 0.3) is 0 Å². The summed E-state index contributed by atoms with van der Waals surface area (Å²) in [5, 5.41) is 9.22. The first-order valence-electron chi connectivity index (χ1n) is 6.28. The average molecular weight is 271 g/mol. The Bertz CT molecular complexity index is 576. The Morgan fingerprint density at radius 1 is 1.10 bits per heavy atom. The molecule has 0 saturated heterocycles. The SMILES string of the molecule is COc1ccc(N(C)C(=O)Cc2ccc(O)cc2)cc1. The van der Waals surface area contributed by atoms with Crippen LogP contribution in [0, 0.1) is 0 Å². The molecule has 1 N–H and O–H groups in total. The van der Waals surface area contributed by atoms with Gasteiger partial charge in [0.15, 0.2) is 0 Å². The third kappa shape index (κ3) is 3.29. The smallest absolute Gasteiger partial charge is 0.231 e. The van der Waals surface area contributed by atoms with Gasteiger partial charge in [-0.2, -0.15) is 0 Å². The number of phenols is 1. The van der Waals surface area contributed by atoms with E-state index >= 15 is 0 Å². The van der Waals surface area contributed by atoms with Crippen LogP contribution in [0.3, 0.4) is 0 Å². The third-order valence-corrected chi connectivity index (χ3v) is 3.13. The average Bonchev–Trinajstić information content (AvgIpc) is 2.49. The Balaban J connectivity index is 2.05. The molecule has 2 rings (SSSR count). The van der Waals surface area contributed by atoms with Gasteiger partial charge < -0.3 is 14.7 Å². The van der Waals surface area contributed by atoms with E-state index in [4.69, 9.17) is 4.74 Å². The summed E-state index contributed by atoms with van der Waals surface area (Å²) in [6, 6.07) is 14.0. The van der Waals surface area contributed by atoms with Crippen LogP contribution in [0.15, 0.2) is 48.5 Å². The van der Waals surface area contributed by atoms with Gasteiger partial charge in [0, 0.05) is 12.7 Å². The first kappa shape index (κ1) is 13.9. The zero-order valence-electron chi connectivity index (χ0n) is 11.5. The van der Waals surface area contributed by atoms with E-state index in [0.717, 1.165) is 17.0 Å². The molecule has 0 aliphatic rings. The van der Waals surface area contributed by atoms with E-state index in [1.807, 2.05) is 24.3 Å². The molecular weight excluding hydrogens is 254 g/mol. The number of rotatable bonds is 4. The van der Waals surface area contributed by atoms with Crippen LogP contribution in [0.1, 0.15) is 5.56 Å². The number of aromatic hydroxyl groups is 1. The number of ether oxygens (including phenoxy) is 1. The number of phenolic OH excluding ortho intramolecular Hbond substituents is 1. The van der Waals surface area contributed by atoms with Crippen LogP contribution < -0.4 is 9.64 Å². The quantitative estimate of drug-likeness (QED) is 0.930. The summed E-state index contributed by atoms with van der Waals surface area (Å²) in [4.78, 5) is 13.8. The fourth-order valence-corrected chi connectivity index (χ4v) is 1.86. The molecule has 20 heavy (non-hydrogen) atoms. The van der Waals surface area contributed by atoms with Crippen LogP contribution in [0.5, 0.6) is 11.5 Å². The lowest BCUT2D eigenvalue weighted by Gasteiger charge is -2.17. The summed E-state index contributed by atoms with van der Waals surface area (Å²) in [7, 11) is 3.35. The van der Waals surface area contributed by atoms with Crippen molar-refractivity contribution in [2.45, 2.75) is 6.42 Å². The number of likely N-dealkylation sites (N-methyl/N-ethyl adjacent to an activating group) is 1.